The molecule has 0 saturated carbocycles. The average Bonchev–Trinajstić information content (AvgIpc) is 2.70. The lowest BCUT2D eigenvalue weighted by Crippen LogP contribution is -2.20. The van der Waals surface area contributed by atoms with Gasteiger partial charge in [0.2, 0.25) is 0 Å². The smallest absolute Gasteiger partial charge is 0.190 e. The molecule has 5 heteroatoms. The molecule has 15 heavy (non-hydrogen) atoms. The van der Waals surface area contributed by atoms with Crippen molar-refractivity contribution in [3.8, 4) is 10.6 Å². The molecule has 4 N–H and O–H groups in total. The maximum absolute atomic E-state index is 7.20. The standard InChI is InChI=1S/C10H10N4S/c11-10(12)14-8-4-2-1-3-7(8)9-13-5-6-15-9/h1-6H,(H4,11,12,14). The number of nitrogens with zero attached hydrogens (tertiary/aromatic N) is 1. The molecule has 1 aromatic carbocycles. The summed E-state index contributed by atoms with van der Waals surface area (Å²) in [6, 6.07) is 7.65. The van der Waals surface area contributed by atoms with Crippen molar-refractivity contribution < 1.29 is 0 Å². The molecular formula is C10H10N4S. The zero-order chi connectivity index (χ0) is 10.7. The Labute approximate surface area is 91.3 Å². The number of anilines is 1. The molecule has 0 aliphatic heterocycles. The van der Waals surface area contributed by atoms with Gasteiger partial charge in [-0.1, -0.05) is 12.1 Å². The van der Waals surface area contributed by atoms with Gasteiger partial charge in [-0.3, -0.25) is 5.41 Å². The van der Waals surface area contributed by atoms with Gasteiger partial charge < -0.3 is 11.1 Å². The molecule has 0 fully saturated rings. The van der Waals surface area contributed by atoms with Crippen LogP contribution in [0.2, 0.25) is 0 Å². The fraction of sp³-hybridized carbons (Fsp3) is 0. The molecule has 0 atom stereocenters. The van der Waals surface area contributed by atoms with Gasteiger partial charge in [-0.25, -0.2) is 4.98 Å². The fourth-order valence-corrected chi connectivity index (χ4v) is 1.96. The SMILES string of the molecule is N=C(N)Nc1ccccc1-c1nccs1. The quantitative estimate of drug-likeness (QED) is 0.534. The van der Waals surface area contributed by atoms with Gasteiger partial charge in [0.25, 0.3) is 0 Å². The van der Waals surface area contributed by atoms with Crippen molar-refractivity contribution in [3.63, 3.8) is 0 Å². The first-order valence-electron chi connectivity index (χ1n) is 4.37. The number of nitrogens with one attached hydrogen (secondary N) is 2. The summed E-state index contributed by atoms with van der Waals surface area (Å²) in [4.78, 5) is 4.22. The lowest BCUT2D eigenvalue weighted by molar-refractivity contribution is 1.39. The monoisotopic (exact) mass is 218 g/mol. The zero-order valence-electron chi connectivity index (χ0n) is 7.90. The Morgan fingerprint density at radius 1 is 1.40 bits per heavy atom. The summed E-state index contributed by atoms with van der Waals surface area (Å²) >= 11 is 1.55. The summed E-state index contributed by atoms with van der Waals surface area (Å²) in [6.07, 6.45) is 1.75. The van der Waals surface area contributed by atoms with Crippen LogP contribution in [0.25, 0.3) is 10.6 Å². The van der Waals surface area contributed by atoms with Gasteiger partial charge >= 0.3 is 0 Å². The number of nitrogens with two attached hydrogens (primary N) is 1. The molecule has 1 heterocycles. The summed E-state index contributed by atoms with van der Waals surface area (Å²) < 4.78 is 0. The molecule has 0 bridgehead atoms. The lowest BCUT2D eigenvalue weighted by atomic mass is 10.2. The predicted octanol–water partition coefficient (Wildman–Crippen LogP) is 2.12. The van der Waals surface area contributed by atoms with Crippen molar-refractivity contribution in [2.24, 2.45) is 5.73 Å². The van der Waals surface area contributed by atoms with E-state index in [1.807, 2.05) is 29.6 Å². The van der Waals surface area contributed by atoms with E-state index in [0.29, 0.717) is 0 Å². The van der Waals surface area contributed by atoms with Crippen LogP contribution in [-0.4, -0.2) is 10.9 Å². The number of guanidine groups is 1. The molecule has 0 saturated heterocycles. The van der Waals surface area contributed by atoms with Crippen molar-refractivity contribution in [1.29, 1.82) is 5.41 Å². The second-order valence-electron chi connectivity index (χ2n) is 2.92. The first-order valence-corrected chi connectivity index (χ1v) is 5.25. The predicted molar refractivity (Wildman–Crippen MR) is 63.1 cm³/mol. The van der Waals surface area contributed by atoms with E-state index in [1.54, 1.807) is 17.5 Å². The maximum atomic E-state index is 7.20. The molecule has 76 valence electrons. The Kier molecular flexibility index (Phi) is 2.64. The topological polar surface area (TPSA) is 74.8 Å². The van der Waals surface area contributed by atoms with Crippen LogP contribution in [0.5, 0.6) is 0 Å². The third-order valence-electron chi connectivity index (χ3n) is 1.86. The Morgan fingerprint density at radius 2 is 2.20 bits per heavy atom. The third-order valence-corrected chi connectivity index (χ3v) is 2.67. The van der Waals surface area contributed by atoms with Gasteiger partial charge in [0.15, 0.2) is 5.96 Å². The summed E-state index contributed by atoms with van der Waals surface area (Å²) in [5.74, 6) is -0.0704. The largest absolute Gasteiger partial charge is 0.370 e. The summed E-state index contributed by atoms with van der Waals surface area (Å²) in [5, 5.41) is 12.8. The van der Waals surface area contributed by atoms with E-state index in [1.165, 1.54) is 0 Å². The maximum Gasteiger partial charge on any atom is 0.190 e. The van der Waals surface area contributed by atoms with E-state index >= 15 is 0 Å². The highest BCUT2D eigenvalue weighted by Gasteiger charge is 2.06. The lowest BCUT2D eigenvalue weighted by Gasteiger charge is -2.07. The zero-order valence-corrected chi connectivity index (χ0v) is 8.71. The van der Waals surface area contributed by atoms with Crippen LogP contribution in [0, 0.1) is 5.41 Å². The summed E-state index contributed by atoms with van der Waals surface area (Å²) in [5.41, 5.74) is 7.07. The van der Waals surface area contributed by atoms with Gasteiger partial charge in [-0.2, -0.15) is 0 Å². The number of thiazole rings is 1. The van der Waals surface area contributed by atoms with Crippen LogP contribution in [0.1, 0.15) is 0 Å². The van der Waals surface area contributed by atoms with E-state index < -0.39 is 0 Å². The van der Waals surface area contributed by atoms with Gasteiger partial charge in [0, 0.05) is 17.1 Å². The van der Waals surface area contributed by atoms with Crippen LogP contribution in [0.15, 0.2) is 35.8 Å². The number of rotatable bonds is 2. The molecule has 0 spiro atoms. The number of hydrogen-bond acceptors (Lipinski definition) is 3. The van der Waals surface area contributed by atoms with Gasteiger partial charge in [-0.15, -0.1) is 11.3 Å². The van der Waals surface area contributed by atoms with E-state index in [4.69, 9.17) is 11.1 Å². The van der Waals surface area contributed by atoms with Gasteiger partial charge in [0.1, 0.15) is 5.01 Å². The van der Waals surface area contributed by atoms with Crippen LogP contribution in [0.3, 0.4) is 0 Å². The Bertz CT molecular complexity index is 464. The normalized spacial score (nSPS) is 9.87. The number of para-hydroxylation sites is 1. The second kappa shape index (κ2) is 4.10. The molecule has 0 unspecified atom stereocenters. The Hall–Kier alpha value is -1.88. The molecule has 4 nitrogen and oxygen atoms in total. The molecule has 0 aliphatic rings. The molecule has 0 aliphatic carbocycles. The molecule has 0 radical (unpaired) electrons. The third kappa shape index (κ3) is 2.13. The Balaban J connectivity index is 2.42. The minimum atomic E-state index is -0.0704. The highest BCUT2D eigenvalue weighted by Crippen LogP contribution is 2.28. The molecule has 2 aromatic rings. The average molecular weight is 218 g/mol. The van der Waals surface area contributed by atoms with E-state index in [2.05, 4.69) is 10.3 Å². The fourth-order valence-electron chi connectivity index (χ4n) is 1.28. The molecular weight excluding hydrogens is 208 g/mol. The van der Waals surface area contributed by atoms with E-state index in [-0.39, 0.29) is 5.96 Å². The van der Waals surface area contributed by atoms with Crippen molar-refractivity contribution in [2.45, 2.75) is 0 Å². The van der Waals surface area contributed by atoms with Crippen molar-refractivity contribution in [1.82, 2.24) is 4.98 Å². The van der Waals surface area contributed by atoms with E-state index in [9.17, 15) is 0 Å². The number of benzene rings is 1. The second-order valence-corrected chi connectivity index (χ2v) is 3.82. The highest BCUT2D eigenvalue weighted by molar-refractivity contribution is 7.13. The van der Waals surface area contributed by atoms with Crippen molar-refractivity contribution >= 4 is 23.0 Å². The highest BCUT2D eigenvalue weighted by atomic mass is 32.1. The van der Waals surface area contributed by atoms with Crippen molar-refractivity contribution in [2.75, 3.05) is 5.32 Å². The van der Waals surface area contributed by atoms with Crippen LogP contribution < -0.4 is 11.1 Å². The Morgan fingerprint density at radius 3 is 2.87 bits per heavy atom. The van der Waals surface area contributed by atoms with Crippen molar-refractivity contribution in [3.05, 3.63) is 35.8 Å². The number of aromatic nitrogens is 1. The molecule has 1 aromatic heterocycles. The molecule has 0 amide bonds. The van der Waals surface area contributed by atoms with Crippen LogP contribution in [-0.2, 0) is 0 Å². The first-order chi connectivity index (χ1) is 7.27. The molecule has 2 rings (SSSR count). The minimum absolute atomic E-state index is 0.0704. The number of hydrogen-bond donors (Lipinski definition) is 3. The van der Waals surface area contributed by atoms with Crippen LogP contribution >= 0.6 is 11.3 Å². The minimum Gasteiger partial charge on any atom is -0.370 e. The van der Waals surface area contributed by atoms with E-state index in [0.717, 1.165) is 16.3 Å². The van der Waals surface area contributed by atoms with Gasteiger partial charge in [-0.05, 0) is 12.1 Å². The summed E-state index contributed by atoms with van der Waals surface area (Å²) in [6.45, 7) is 0. The summed E-state index contributed by atoms with van der Waals surface area (Å²) in [7, 11) is 0. The van der Waals surface area contributed by atoms with Gasteiger partial charge in [0.05, 0.1) is 5.69 Å². The van der Waals surface area contributed by atoms with Crippen LogP contribution in [0.4, 0.5) is 5.69 Å². The first kappa shape index (κ1) is 9.67.